The molecule has 0 aromatic rings. The van der Waals surface area contributed by atoms with E-state index in [2.05, 4.69) is 10.6 Å². The summed E-state index contributed by atoms with van der Waals surface area (Å²) in [4.78, 5) is 24.7. The minimum Gasteiger partial charge on any atom is -0.460 e. The van der Waals surface area contributed by atoms with E-state index >= 15 is 0 Å². The Kier molecular flexibility index (Phi) is 10.2. The number of rotatable bonds is 8. The van der Waals surface area contributed by atoms with Crippen LogP contribution in [0.25, 0.3) is 0 Å². The monoisotopic (exact) mass is 444 g/mol. The van der Waals surface area contributed by atoms with Crippen molar-refractivity contribution in [3.05, 3.63) is 0 Å². The third-order valence-corrected chi connectivity index (χ3v) is 6.35. The first-order chi connectivity index (χ1) is 14.2. The van der Waals surface area contributed by atoms with Crippen molar-refractivity contribution in [2.45, 2.75) is 114 Å². The molecule has 0 spiro atoms. The number of aliphatic hydroxyl groups is 1. The molecule has 0 saturated heterocycles. The Morgan fingerprint density at radius 2 is 1.73 bits per heavy atom. The molecule has 8 heteroatoms. The maximum Gasteiger partial charge on any atom is 0.408 e. The molecule has 0 bridgehead atoms. The van der Waals surface area contributed by atoms with Gasteiger partial charge in [0, 0.05) is 17.8 Å². The molecule has 2 fully saturated rings. The van der Waals surface area contributed by atoms with Crippen molar-refractivity contribution in [3.63, 3.8) is 0 Å². The predicted molar refractivity (Wildman–Crippen MR) is 120 cm³/mol. The molecule has 0 heterocycles. The molecule has 1 amide bonds. The van der Waals surface area contributed by atoms with Gasteiger partial charge in [0.05, 0.1) is 6.04 Å². The number of amides is 1. The highest BCUT2D eigenvalue weighted by molar-refractivity contribution is 7.98. The zero-order valence-corrected chi connectivity index (χ0v) is 19.8. The third kappa shape index (κ3) is 9.02. The Morgan fingerprint density at radius 3 is 2.37 bits per heavy atom. The van der Waals surface area contributed by atoms with Crippen molar-refractivity contribution in [1.82, 2.24) is 10.6 Å². The maximum atomic E-state index is 12.6. The van der Waals surface area contributed by atoms with Crippen molar-refractivity contribution >= 4 is 23.8 Å². The summed E-state index contributed by atoms with van der Waals surface area (Å²) in [5.74, 6) is -0.292. The van der Waals surface area contributed by atoms with E-state index in [4.69, 9.17) is 9.47 Å². The van der Waals surface area contributed by atoms with E-state index in [-0.39, 0.29) is 6.10 Å². The quantitative estimate of drug-likeness (QED) is 0.494. The molecule has 0 aromatic carbocycles. The zero-order chi connectivity index (χ0) is 22.1. The summed E-state index contributed by atoms with van der Waals surface area (Å²) in [6, 6.07) is 0.175. The Balaban J connectivity index is 1.84. The molecule has 4 atom stereocenters. The topological polar surface area (TPSA) is 96.9 Å². The van der Waals surface area contributed by atoms with Crippen LogP contribution in [0.3, 0.4) is 0 Å². The minimum atomic E-state index is -1.42. The number of hydrogen-bond acceptors (Lipinski definition) is 7. The maximum absolute atomic E-state index is 12.6. The molecular formula is C22H40N2O5S. The van der Waals surface area contributed by atoms with Gasteiger partial charge in [0.15, 0.2) is 6.10 Å². The van der Waals surface area contributed by atoms with Crippen molar-refractivity contribution in [2.24, 2.45) is 0 Å². The molecular weight excluding hydrogens is 404 g/mol. The van der Waals surface area contributed by atoms with Gasteiger partial charge in [-0.2, -0.15) is 11.8 Å². The van der Waals surface area contributed by atoms with E-state index in [9.17, 15) is 14.7 Å². The number of carbonyl (C=O) groups excluding carboxylic acids is 2. The van der Waals surface area contributed by atoms with E-state index in [1.54, 1.807) is 20.8 Å². The van der Waals surface area contributed by atoms with Crippen molar-refractivity contribution in [2.75, 3.05) is 12.0 Å². The number of hydrogen-bond donors (Lipinski definition) is 3. The van der Waals surface area contributed by atoms with Crippen LogP contribution in [0.4, 0.5) is 4.79 Å². The van der Waals surface area contributed by atoms with Gasteiger partial charge in [-0.1, -0.05) is 19.3 Å². The summed E-state index contributed by atoms with van der Waals surface area (Å²) in [6.07, 6.45) is 9.64. The number of esters is 1. The van der Waals surface area contributed by atoms with Gasteiger partial charge in [-0.3, -0.25) is 0 Å². The Labute approximate surface area is 185 Å². The second-order valence-electron chi connectivity index (χ2n) is 9.58. The van der Waals surface area contributed by atoms with Gasteiger partial charge in [0.1, 0.15) is 11.7 Å². The van der Waals surface area contributed by atoms with Crippen LogP contribution in [0, 0.1) is 0 Å². The smallest absolute Gasteiger partial charge is 0.408 e. The van der Waals surface area contributed by atoms with Crippen LogP contribution in [-0.2, 0) is 14.3 Å². The zero-order valence-electron chi connectivity index (χ0n) is 18.9. The van der Waals surface area contributed by atoms with Gasteiger partial charge in [-0.25, -0.2) is 9.59 Å². The fourth-order valence-corrected chi connectivity index (χ4v) is 4.88. The Morgan fingerprint density at radius 1 is 1.07 bits per heavy atom. The van der Waals surface area contributed by atoms with Crippen LogP contribution in [0.1, 0.15) is 78.6 Å². The lowest BCUT2D eigenvalue weighted by Gasteiger charge is -2.34. The molecule has 3 N–H and O–H groups in total. The van der Waals surface area contributed by atoms with Crippen LogP contribution in [0.5, 0.6) is 0 Å². The molecule has 0 aliphatic heterocycles. The lowest BCUT2D eigenvalue weighted by atomic mass is 9.89. The van der Waals surface area contributed by atoms with E-state index in [0.29, 0.717) is 17.8 Å². The minimum absolute atomic E-state index is 0.196. The van der Waals surface area contributed by atoms with Crippen molar-refractivity contribution in [1.29, 1.82) is 0 Å². The Bertz CT molecular complexity index is 548. The highest BCUT2D eigenvalue weighted by Gasteiger charge is 2.33. The number of alkyl carbamates (subject to hydrolysis) is 1. The number of aliphatic hydroxyl groups excluding tert-OH is 1. The van der Waals surface area contributed by atoms with Crippen molar-refractivity contribution in [3.8, 4) is 0 Å². The molecule has 174 valence electrons. The van der Waals surface area contributed by atoms with Crippen LogP contribution in [0.15, 0.2) is 0 Å². The lowest BCUT2D eigenvalue weighted by molar-refractivity contribution is -0.162. The fraction of sp³-hybridized carbons (Fsp3) is 0.909. The highest BCUT2D eigenvalue weighted by Crippen LogP contribution is 2.25. The summed E-state index contributed by atoms with van der Waals surface area (Å²) in [5.41, 5.74) is -0.651. The number of nitrogens with one attached hydrogen (secondary N) is 2. The van der Waals surface area contributed by atoms with Crippen LogP contribution in [0.2, 0.25) is 0 Å². The number of ether oxygens (including phenoxy) is 2. The normalized spacial score (nSPS) is 25.2. The van der Waals surface area contributed by atoms with Crippen molar-refractivity contribution < 1.29 is 24.2 Å². The molecule has 7 nitrogen and oxygen atoms in total. The summed E-state index contributed by atoms with van der Waals surface area (Å²) < 4.78 is 10.9. The molecule has 30 heavy (non-hydrogen) atoms. The van der Waals surface area contributed by atoms with E-state index in [1.807, 2.05) is 6.26 Å². The van der Waals surface area contributed by atoms with Crippen LogP contribution >= 0.6 is 11.8 Å². The highest BCUT2D eigenvalue weighted by atomic mass is 32.2. The molecule has 0 radical (unpaired) electrons. The average Bonchev–Trinajstić information content (AvgIpc) is 2.66. The van der Waals surface area contributed by atoms with Gasteiger partial charge in [0.25, 0.3) is 0 Å². The molecule has 2 saturated carbocycles. The van der Waals surface area contributed by atoms with Crippen LogP contribution < -0.4 is 10.6 Å². The predicted octanol–water partition coefficient (Wildman–Crippen LogP) is 3.38. The second kappa shape index (κ2) is 12.2. The average molecular weight is 445 g/mol. The standard InChI is InChI=1S/C22H40N2O5S/c1-22(2,3)29-21(27)24-18(14-30-4)19(25)20(26)28-17-12-8-11-16(13-17)23-15-9-6-5-7-10-15/h15-19,23,25H,5-14H2,1-4H3,(H,24,27)/t16?,17?,18-,19?/m1/s1. The molecule has 2 aliphatic carbocycles. The first kappa shape index (κ1) is 25.3. The van der Waals surface area contributed by atoms with Gasteiger partial charge in [-0.15, -0.1) is 0 Å². The van der Waals surface area contributed by atoms with E-state index < -0.39 is 29.8 Å². The van der Waals surface area contributed by atoms with Crippen LogP contribution in [-0.4, -0.2) is 65.1 Å². The first-order valence-electron chi connectivity index (χ1n) is 11.3. The second-order valence-corrected chi connectivity index (χ2v) is 10.5. The van der Waals surface area contributed by atoms with Gasteiger partial charge >= 0.3 is 12.1 Å². The largest absolute Gasteiger partial charge is 0.460 e. The fourth-order valence-electron chi connectivity index (χ4n) is 4.25. The molecule has 2 rings (SSSR count). The Hall–Kier alpha value is -0.990. The van der Waals surface area contributed by atoms with Gasteiger partial charge in [0.2, 0.25) is 0 Å². The summed E-state index contributed by atoms with van der Waals surface area (Å²) in [7, 11) is 0. The van der Waals surface area contributed by atoms with Gasteiger partial charge in [-0.05, 0) is 65.6 Å². The SMILES string of the molecule is CSC[C@@H](NC(=O)OC(C)(C)C)C(O)C(=O)OC1CCCC(NC2CCCCC2)C1. The van der Waals surface area contributed by atoms with E-state index in [1.165, 1.54) is 43.9 Å². The molecule has 2 aliphatic rings. The summed E-state index contributed by atoms with van der Waals surface area (Å²) in [5, 5.41) is 16.9. The number of thioether (sulfide) groups is 1. The first-order valence-corrected chi connectivity index (χ1v) is 12.7. The lowest BCUT2D eigenvalue weighted by Crippen LogP contribution is -2.51. The molecule has 0 aromatic heterocycles. The summed E-state index contributed by atoms with van der Waals surface area (Å²) in [6.45, 7) is 5.30. The summed E-state index contributed by atoms with van der Waals surface area (Å²) >= 11 is 1.43. The number of carbonyl (C=O) groups is 2. The third-order valence-electron chi connectivity index (χ3n) is 5.66. The molecule has 3 unspecified atom stereocenters. The van der Waals surface area contributed by atoms with Gasteiger partial charge < -0.3 is 25.2 Å². The van der Waals surface area contributed by atoms with E-state index in [0.717, 1.165) is 25.7 Å².